The second-order valence-electron chi connectivity index (χ2n) is 8.69. The summed E-state index contributed by atoms with van der Waals surface area (Å²) in [6.07, 6.45) is 7.36. The largest absolute Gasteiger partial charge is 0.504 e. The predicted octanol–water partition coefficient (Wildman–Crippen LogP) is 4.89. The topological polar surface area (TPSA) is 123 Å². The lowest BCUT2D eigenvalue weighted by Gasteiger charge is -2.16. The average molecular weight is 474 g/mol. The van der Waals surface area contributed by atoms with Crippen LogP contribution in [0.3, 0.4) is 0 Å². The molecular weight excluding hydrogens is 446 g/mol. The van der Waals surface area contributed by atoms with E-state index in [1.54, 1.807) is 24.6 Å². The summed E-state index contributed by atoms with van der Waals surface area (Å²) in [7, 11) is 0. The molecule has 0 atom stereocenters. The molecule has 9 nitrogen and oxygen atoms in total. The number of nitrogens with zero attached hydrogens (tertiary/aromatic N) is 3. The molecule has 2 aliphatic heterocycles. The van der Waals surface area contributed by atoms with Gasteiger partial charge >= 0.3 is 5.97 Å². The van der Waals surface area contributed by atoms with Gasteiger partial charge in [0.15, 0.2) is 22.9 Å². The summed E-state index contributed by atoms with van der Waals surface area (Å²) in [4.78, 5) is 22.8. The number of rotatable bonds is 8. The molecular formula is C26H27N5O4. The molecule has 1 aromatic carbocycles. The molecule has 180 valence electrons. The minimum atomic E-state index is -1.29. The fraction of sp³-hybridized carbons (Fsp3) is 0.269. The monoisotopic (exact) mass is 473 g/mol. The van der Waals surface area contributed by atoms with Gasteiger partial charge in [0.2, 0.25) is 5.88 Å². The van der Waals surface area contributed by atoms with Gasteiger partial charge in [-0.1, -0.05) is 0 Å². The molecule has 2 aliphatic rings. The van der Waals surface area contributed by atoms with Crippen LogP contribution in [0.2, 0.25) is 0 Å². The van der Waals surface area contributed by atoms with Gasteiger partial charge < -0.3 is 30.2 Å². The van der Waals surface area contributed by atoms with Crippen LogP contribution in [0.5, 0.6) is 5.75 Å². The number of carboxylic acid groups (broad SMARTS) is 1. The average Bonchev–Trinajstić information content (AvgIpc) is 3.56. The number of carboxylic acids is 1. The molecule has 0 saturated carbocycles. The van der Waals surface area contributed by atoms with Gasteiger partial charge in [-0.25, -0.2) is 14.8 Å². The molecule has 1 saturated heterocycles. The van der Waals surface area contributed by atoms with Crippen molar-refractivity contribution < 1.29 is 19.4 Å². The molecule has 5 rings (SSSR count). The standard InChI is InChI=1S/C26H27N5O4/c1-16-13-18(27-9-12-31-10-2-3-11-31)6-7-20(16)30-25-22(26(33)34)23(32)21(35-25)14-17-15-29-24-19(17)5-4-8-28-24/h4-8,13-15,27,30,32H,2-3,9-12H2,1H3,(H,33,34). The van der Waals surface area contributed by atoms with Crippen LogP contribution in [-0.2, 0) is 0 Å². The van der Waals surface area contributed by atoms with Crippen LogP contribution in [0.1, 0.15) is 40.1 Å². The smallest absolute Gasteiger partial charge is 0.345 e. The van der Waals surface area contributed by atoms with E-state index in [0.29, 0.717) is 17.1 Å². The summed E-state index contributed by atoms with van der Waals surface area (Å²) in [6.45, 7) is 6.14. The first-order valence-corrected chi connectivity index (χ1v) is 11.6. The van der Waals surface area contributed by atoms with Gasteiger partial charge in [-0.15, -0.1) is 0 Å². The fourth-order valence-electron chi connectivity index (χ4n) is 4.41. The van der Waals surface area contributed by atoms with Crippen LogP contribution in [0, 0.1) is 6.92 Å². The molecule has 1 fully saturated rings. The zero-order valence-corrected chi connectivity index (χ0v) is 19.4. The molecule has 0 amide bonds. The maximum absolute atomic E-state index is 11.9. The van der Waals surface area contributed by atoms with Crippen LogP contribution in [0.25, 0.3) is 11.6 Å². The number of hydrogen-bond acceptors (Lipinski definition) is 8. The number of aromatic nitrogens is 1. The number of likely N-dealkylation sites (tertiary alicyclic amines) is 1. The van der Waals surface area contributed by atoms with E-state index in [-0.39, 0.29) is 17.2 Å². The minimum Gasteiger partial charge on any atom is -0.504 e. The lowest BCUT2D eigenvalue weighted by Crippen LogP contribution is -2.25. The number of allylic oxidation sites excluding steroid dienone is 1. The zero-order valence-electron chi connectivity index (χ0n) is 19.4. The van der Waals surface area contributed by atoms with Gasteiger partial charge in [-0.2, -0.15) is 0 Å². The van der Waals surface area contributed by atoms with Crippen LogP contribution >= 0.6 is 0 Å². The fourth-order valence-corrected chi connectivity index (χ4v) is 4.41. The van der Waals surface area contributed by atoms with E-state index >= 15 is 0 Å². The van der Waals surface area contributed by atoms with E-state index in [0.717, 1.165) is 29.9 Å². The van der Waals surface area contributed by atoms with Gasteiger partial charge in [-0.05, 0) is 74.8 Å². The molecule has 4 heterocycles. The number of aromatic hydroxyl groups is 1. The highest BCUT2D eigenvalue weighted by molar-refractivity contribution is 6.21. The SMILES string of the molecule is Cc1cc(NCCN2CCCC2)ccc1Nc1oc(C=C2C=Nc3ncccc32)c(O)c1C(=O)O. The van der Waals surface area contributed by atoms with Crippen LogP contribution < -0.4 is 10.6 Å². The predicted molar refractivity (Wildman–Crippen MR) is 136 cm³/mol. The number of aryl methyl sites for hydroxylation is 1. The highest BCUT2D eigenvalue weighted by atomic mass is 16.4. The van der Waals surface area contributed by atoms with Crippen molar-refractivity contribution in [2.45, 2.75) is 19.8 Å². The third kappa shape index (κ3) is 4.76. The van der Waals surface area contributed by atoms with Crippen LogP contribution in [0.4, 0.5) is 23.1 Å². The summed E-state index contributed by atoms with van der Waals surface area (Å²) in [6, 6.07) is 9.43. The zero-order chi connectivity index (χ0) is 24.4. The molecule has 0 unspecified atom stereocenters. The lowest BCUT2D eigenvalue weighted by molar-refractivity contribution is 0.0695. The number of fused-ring (bicyclic) bond motifs is 1. The van der Waals surface area contributed by atoms with Gasteiger partial charge in [0.05, 0.1) is 0 Å². The Balaban J connectivity index is 1.35. The Hall–Kier alpha value is -4.11. The number of aliphatic imine (C=N–C) groups is 1. The third-order valence-electron chi connectivity index (χ3n) is 6.26. The molecule has 0 bridgehead atoms. The second kappa shape index (κ2) is 9.63. The summed E-state index contributed by atoms with van der Waals surface area (Å²) in [5, 5.41) is 26.8. The van der Waals surface area contributed by atoms with Crippen molar-refractivity contribution in [3.63, 3.8) is 0 Å². The number of pyridine rings is 1. The summed E-state index contributed by atoms with van der Waals surface area (Å²) in [5.74, 6) is -1.19. The Morgan fingerprint density at radius 2 is 2.09 bits per heavy atom. The van der Waals surface area contributed by atoms with Crippen molar-refractivity contribution in [1.82, 2.24) is 9.88 Å². The quantitative estimate of drug-likeness (QED) is 0.364. The number of nitrogens with one attached hydrogen (secondary N) is 2. The molecule has 2 aromatic heterocycles. The lowest BCUT2D eigenvalue weighted by atomic mass is 10.1. The normalized spacial score (nSPS) is 16.1. The third-order valence-corrected chi connectivity index (χ3v) is 6.26. The first-order chi connectivity index (χ1) is 17.0. The van der Waals surface area contributed by atoms with Gasteiger partial charge in [0.25, 0.3) is 0 Å². The van der Waals surface area contributed by atoms with Crippen LogP contribution in [-0.4, -0.2) is 58.5 Å². The second-order valence-corrected chi connectivity index (χ2v) is 8.69. The van der Waals surface area contributed by atoms with Crippen molar-refractivity contribution in [3.05, 3.63) is 59.0 Å². The number of benzene rings is 1. The Bertz CT molecular complexity index is 1320. The Labute approximate surface area is 202 Å². The Morgan fingerprint density at radius 1 is 1.26 bits per heavy atom. The minimum absolute atomic E-state index is 0.0286. The number of aromatic carboxylic acids is 1. The highest BCUT2D eigenvalue weighted by Gasteiger charge is 2.26. The highest BCUT2D eigenvalue weighted by Crippen LogP contribution is 2.39. The number of hydrogen-bond donors (Lipinski definition) is 4. The summed E-state index contributed by atoms with van der Waals surface area (Å²) in [5.41, 5.74) is 3.70. The van der Waals surface area contributed by atoms with E-state index in [9.17, 15) is 15.0 Å². The summed E-state index contributed by atoms with van der Waals surface area (Å²) >= 11 is 0. The number of carbonyl (C=O) groups is 1. The molecule has 0 spiro atoms. The van der Waals surface area contributed by atoms with Crippen molar-refractivity contribution in [2.24, 2.45) is 4.99 Å². The summed E-state index contributed by atoms with van der Waals surface area (Å²) < 4.78 is 5.77. The molecule has 35 heavy (non-hydrogen) atoms. The Morgan fingerprint density at radius 3 is 2.86 bits per heavy atom. The first kappa shape index (κ1) is 22.7. The van der Waals surface area contributed by atoms with E-state index in [2.05, 4.69) is 25.5 Å². The van der Waals surface area contributed by atoms with E-state index < -0.39 is 11.7 Å². The maximum atomic E-state index is 11.9. The van der Waals surface area contributed by atoms with E-state index in [4.69, 9.17) is 4.42 Å². The number of furan rings is 1. The molecule has 4 N–H and O–H groups in total. The van der Waals surface area contributed by atoms with E-state index in [1.165, 1.54) is 25.9 Å². The maximum Gasteiger partial charge on any atom is 0.345 e. The van der Waals surface area contributed by atoms with Crippen LogP contribution in [0.15, 0.2) is 45.9 Å². The Kier molecular flexibility index (Phi) is 6.24. The van der Waals surface area contributed by atoms with Crippen molar-refractivity contribution in [2.75, 3.05) is 36.8 Å². The van der Waals surface area contributed by atoms with Crippen molar-refractivity contribution in [1.29, 1.82) is 0 Å². The van der Waals surface area contributed by atoms with Gasteiger partial charge in [0, 0.05) is 48.0 Å². The molecule has 0 radical (unpaired) electrons. The van der Waals surface area contributed by atoms with Crippen molar-refractivity contribution in [3.8, 4) is 5.75 Å². The number of anilines is 3. The van der Waals surface area contributed by atoms with Gasteiger partial charge in [-0.3, -0.25) is 0 Å². The van der Waals surface area contributed by atoms with Crippen molar-refractivity contribution >= 4 is 46.9 Å². The van der Waals surface area contributed by atoms with E-state index in [1.807, 2.05) is 31.2 Å². The molecule has 9 heteroatoms. The van der Waals surface area contributed by atoms with Gasteiger partial charge in [0.1, 0.15) is 0 Å². The first-order valence-electron chi connectivity index (χ1n) is 11.6. The molecule has 3 aromatic rings. The molecule has 0 aliphatic carbocycles.